The van der Waals surface area contributed by atoms with Crippen molar-refractivity contribution in [2.75, 3.05) is 13.7 Å². The van der Waals surface area contributed by atoms with Crippen LogP contribution in [0.2, 0.25) is 0 Å². The molecule has 196 valence electrons. The van der Waals surface area contributed by atoms with Crippen LogP contribution < -0.4 is 4.74 Å². The predicted molar refractivity (Wildman–Crippen MR) is 160 cm³/mol. The molecule has 0 N–H and O–H groups in total. The van der Waals surface area contributed by atoms with Gasteiger partial charge in [-0.05, 0) is 103 Å². The van der Waals surface area contributed by atoms with Crippen LogP contribution in [0.25, 0.3) is 11.0 Å². The Kier molecular flexibility index (Phi) is 8.51. The average Bonchev–Trinajstić information content (AvgIpc) is 3.23. The van der Waals surface area contributed by atoms with Crippen molar-refractivity contribution in [2.45, 2.75) is 81.2 Å². The van der Waals surface area contributed by atoms with Crippen LogP contribution in [-0.2, 0) is 11.2 Å². The Morgan fingerprint density at radius 3 is 2.41 bits per heavy atom. The summed E-state index contributed by atoms with van der Waals surface area (Å²) in [4.78, 5) is 25.2. The summed E-state index contributed by atoms with van der Waals surface area (Å²) in [6, 6.07) is 4.39. The molecule has 6 heteroatoms. The second-order valence-electron chi connectivity index (χ2n) is 11.0. The smallest absolute Gasteiger partial charge is 0.346 e. The first-order valence-corrected chi connectivity index (χ1v) is 13.2. The molecule has 2 aliphatic heterocycles. The van der Waals surface area contributed by atoms with E-state index in [0.717, 1.165) is 51.2 Å². The molecule has 0 bridgehead atoms. The number of aliphatic imine (C=N–C) groups is 1. The van der Waals surface area contributed by atoms with Gasteiger partial charge in [0.15, 0.2) is 0 Å². The van der Waals surface area contributed by atoms with Crippen LogP contribution in [0.5, 0.6) is 5.75 Å². The summed E-state index contributed by atoms with van der Waals surface area (Å²) < 4.78 is 6.32. The molecule has 0 unspecified atom stereocenters. The minimum Gasteiger partial charge on any atom is -0.488 e. The molecule has 1 amide bonds. The third-order valence-corrected chi connectivity index (χ3v) is 7.25. The van der Waals surface area contributed by atoms with E-state index in [1.165, 1.54) is 11.1 Å². The molecule has 3 rings (SSSR count). The van der Waals surface area contributed by atoms with E-state index in [9.17, 15) is 4.79 Å². The number of amides is 1. The summed E-state index contributed by atoms with van der Waals surface area (Å²) in [7, 11) is 1.84. The van der Waals surface area contributed by atoms with E-state index in [0.29, 0.717) is 12.3 Å². The molecule has 1 aromatic carbocycles. The van der Waals surface area contributed by atoms with Crippen molar-refractivity contribution in [3.63, 3.8) is 0 Å². The van der Waals surface area contributed by atoms with Crippen LogP contribution in [-0.4, -0.2) is 48.3 Å². The normalized spacial score (nSPS) is 16.2. The van der Waals surface area contributed by atoms with E-state index in [1.807, 2.05) is 61.6 Å². The van der Waals surface area contributed by atoms with E-state index in [4.69, 9.17) is 14.6 Å². The minimum absolute atomic E-state index is 0.0736. The van der Waals surface area contributed by atoms with Crippen LogP contribution in [0, 0.1) is 0 Å². The number of allylic oxidation sites excluding steroid dienone is 6. The van der Waals surface area contributed by atoms with Gasteiger partial charge in [-0.25, -0.2) is 0 Å². The molecule has 0 radical (unpaired) electrons. The van der Waals surface area contributed by atoms with Gasteiger partial charge in [-0.2, -0.15) is 0 Å². The topological polar surface area (TPSA) is 54.3 Å². The number of aryl methyl sites for hydroxylation is 1. The number of hydrogen-bond donors (Lipinski definition) is 0. The lowest BCUT2D eigenvalue weighted by molar-refractivity contribution is -0.126. The Morgan fingerprint density at radius 1 is 1.19 bits per heavy atom. The number of hydrogen-bond acceptors (Lipinski definition) is 4. The zero-order valence-corrected chi connectivity index (χ0v) is 24.5. The first-order chi connectivity index (χ1) is 17.3. The van der Waals surface area contributed by atoms with E-state index in [2.05, 4.69) is 45.1 Å². The quantitative estimate of drug-likeness (QED) is 0.242. The molecule has 0 fully saturated rings. The van der Waals surface area contributed by atoms with Crippen LogP contribution >= 0.6 is 0 Å². The molecule has 0 aliphatic carbocycles. The lowest BCUT2D eigenvalue weighted by Gasteiger charge is -2.32. The third-order valence-electron chi connectivity index (χ3n) is 7.25. The van der Waals surface area contributed by atoms with Crippen molar-refractivity contribution in [1.82, 2.24) is 4.90 Å². The average molecular weight is 500 g/mol. The monoisotopic (exact) mass is 499 g/mol. The van der Waals surface area contributed by atoms with Gasteiger partial charge in [-0.1, -0.05) is 30.6 Å². The van der Waals surface area contributed by atoms with Crippen molar-refractivity contribution in [3.05, 3.63) is 63.8 Å². The summed E-state index contributed by atoms with van der Waals surface area (Å²) in [5.74, 6) is 0.782. The number of benzene rings is 1. The van der Waals surface area contributed by atoms with Crippen LogP contribution in [0.3, 0.4) is 0 Å². The second kappa shape index (κ2) is 11.1. The molecule has 0 atom stereocenters. The standard InChI is InChI=1S/C31H42BN3O2/c1-12-15-23(14-3)32-28-25-17-24(20(6)21(7)33-19(4)5)22(13-2)16-27(25)37-18-26(28)29(34-32)30(36)35(11)31(8,9)10/h12,14-17H,13,18H2,1-11H3/b15-12-,21-20+,23-14+. The molecular formula is C31H42BN3O2. The summed E-state index contributed by atoms with van der Waals surface area (Å²) >= 11 is 0. The number of ether oxygens (including phenoxy) is 1. The van der Waals surface area contributed by atoms with Gasteiger partial charge in [-0.15, -0.1) is 0 Å². The van der Waals surface area contributed by atoms with Crippen molar-refractivity contribution in [1.29, 1.82) is 0 Å². The maximum atomic E-state index is 13.7. The van der Waals surface area contributed by atoms with E-state index >= 15 is 0 Å². The first kappa shape index (κ1) is 28.4. The Hall–Kier alpha value is -3.15. The minimum atomic E-state index is -0.320. The molecule has 0 saturated heterocycles. The van der Waals surface area contributed by atoms with Crippen molar-refractivity contribution >= 4 is 35.2 Å². The number of fused-ring (bicyclic) bond motifs is 2. The zero-order valence-electron chi connectivity index (χ0n) is 24.5. The first-order valence-electron chi connectivity index (χ1n) is 13.2. The van der Waals surface area contributed by atoms with Gasteiger partial charge in [0, 0.05) is 35.1 Å². The Labute approximate surface area is 223 Å². The molecule has 1 aromatic rings. The molecule has 0 saturated carbocycles. The summed E-state index contributed by atoms with van der Waals surface area (Å²) in [5.41, 5.74) is 9.79. The highest BCUT2D eigenvalue weighted by Crippen LogP contribution is 2.43. The maximum absolute atomic E-state index is 13.7. The number of carbonyl (C=O) groups is 1. The van der Waals surface area contributed by atoms with Gasteiger partial charge < -0.3 is 14.5 Å². The number of rotatable bonds is 6. The SMILES string of the molecule is C/C=C\C(=C/C)B1N=C(C(=O)N(C)C(C)(C)C)C2=C1c1cc(/C(C)=C(\C)N=C(C)C)c(CC)cc1OC2. The third kappa shape index (κ3) is 5.58. The number of carbonyl (C=O) groups excluding carboxylic acids is 1. The fraction of sp³-hybridized carbons (Fsp3) is 0.452. The lowest BCUT2D eigenvalue weighted by atomic mass is 9.48. The largest absolute Gasteiger partial charge is 0.488 e. The zero-order chi connectivity index (χ0) is 27.7. The van der Waals surface area contributed by atoms with Gasteiger partial charge in [-0.3, -0.25) is 9.79 Å². The van der Waals surface area contributed by atoms with Crippen molar-refractivity contribution in [2.24, 2.45) is 9.90 Å². The molecular weight excluding hydrogens is 457 g/mol. The highest BCUT2D eigenvalue weighted by Gasteiger charge is 2.42. The Bertz CT molecular complexity index is 1280. The molecule has 5 nitrogen and oxygen atoms in total. The summed E-state index contributed by atoms with van der Waals surface area (Å²) in [5, 5.41) is 0. The summed E-state index contributed by atoms with van der Waals surface area (Å²) in [6.07, 6.45) is 7.09. The second-order valence-corrected chi connectivity index (χ2v) is 11.0. The number of nitrogens with zero attached hydrogens (tertiary/aromatic N) is 3. The van der Waals surface area contributed by atoms with Crippen molar-refractivity contribution in [3.8, 4) is 5.75 Å². The van der Waals surface area contributed by atoms with Crippen LogP contribution in [0.4, 0.5) is 0 Å². The summed E-state index contributed by atoms with van der Waals surface area (Å²) in [6.45, 7) is 20.6. The van der Waals surface area contributed by atoms with Crippen molar-refractivity contribution < 1.29 is 9.53 Å². The maximum Gasteiger partial charge on any atom is 0.346 e. The van der Waals surface area contributed by atoms with E-state index in [-0.39, 0.29) is 18.3 Å². The van der Waals surface area contributed by atoms with Gasteiger partial charge >= 0.3 is 6.85 Å². The van der Waals surface area contributed by atoms with Crippen LogP contribution in [0.15, 0.2) is 57.0 Å². The predicted octanol–water partition coefficient (Wildman–Crippen LogP) is 6.93. The molecule has 2 heterocycles. The molecule has 37 heavy (non-hydrogen) atoms. The van der Waals surface area contributed by atoms with Gasteiger partial charge in [0.1, 0.15) is 18.1 Å². The van der Waals surface area contributed by atoms with E-state index in [1.54, 1.807) is 4.90 Å². The van der Waals surface area contributed by atoms with Gasteiger partial charge in [0.2, 0.25) is 0 Å². The van der Waals surface area contributed by atoms with Crippen LogP contribution in [0.1, 0.15) is 85.9 Å². The van der Waals surface area contributed by atoms with Gasteiger partial charge in [0.25, 0.3) is 5.91 Å². The molecule has 0 aromatic heterocycles. The highest BCUT2D eigenvalue weighted by atomic mass is 16.5. The molecule has 2 aliphatic rings. The highest BCUT2D eigenvalue weighted by molar-refractivity contribution is 6.90. The fourth-order valence-corrected chi connectivity index (χ4v) is 4.80. The fourth-order valence-electron chi connectivity index (χ4n) is 4.80. The lowest BCUT2D eigenvalue weighted by Crippen LogP contribution is -2.46. The van der Waals surface area contributed by atoms with Gasteiger partial charge in [0.05, 0.1) is 0 Å². The Balaban J connectivity index is 2.30. The molecule has 0 spiro atoms. The Morgan fingerprint density at radius 2 is 1.86 bits per heavy atom. The van der Waals surface area contributed by atoms with E-state index < -0.39 is 0 Å².